The summed E-state index contributed by atoms with van der Waals surface area (Å²) in [5.74, 6) is 0.407. The molecule has 1 aromatic carbocycles. The lowest BCUT2D eigenvalue weighted by Gasteiger charge is -2.22. The van der Waals surface area contributed by atoms with Gasteiger partial charge in [0, 0.05) is 24.8 Å². The van der Waals surface area contributed by atoms with E-state index in [0.717, 1.165) is 25.2 Å². The van der Waals surface area contributed by atoms with E-state index in [4.69, 9.17) is 4.74 Å². The number of ether oxygens (including phenoxy) is 1. The first kappa shape index (κ1) is 13.5. The third kappa shape index (κ3) is 2.91. The molecule has 0 aliphatic carbocycles. The van der Waals surface area contributed by atoms with Gasteiger partial charge >= 0.3 is 0 Å². The Bertz CT molecular complexity index is 507. The Labute approximate surface area is 108 Å². The molecule has 0 spiro atoms. The van der Waals surface area contributed by atoms with Gasteiger partial charge in [-0.05, 0) is 31.2 Å². The SMILES string of the molecule is CNC(c1cccc(S(C)(=O)=O)c1)C1CCOC1. The van der Waals surface area contributed by atoms with E-state index in [-0.39, 0.29) is 6.04 Å². The summed E-state index contributed by atoms with van der Waals surface area (Å²) in [5.41, 5.74) is 1.01. The molecule has 1 fully saturated rings. The minimum atomic E-state index is -3.15. The maximum atomic E-state index is 11.6. The van der Waals surface area contributed by atoms with Crippen LogP contribution in [0.4, 0.5) is 0 Å². The predicted octanol–water partition coefficient (Wildman–Crippen LogP) is 1.39. The van der Waals surface area contributed by atoms with Crippen molar-refractivity contribution in [3.8, 4) is 0 Å². The zero-order valence-electron chi connectivity index (χ0n) is 10.7. The monoisotopic (exact) mass is 269 g/mol. The molecule has 1 aliphatic heterocycles. The molecule has 1 N–H and O–H groups in total. The van der Waals surface area contributed by atoms with E-state index < -0.39 is 9.84 Å². The number of sulfone groups is 1. The highest BCUT2D eigenvalue weighted by Gasteiger charge is 2.26. The first-order valence-corrected chi connectivity index (χ1v) is 7.96. The van der Waals surface area contributed by atoms with E-state index in [1.807, 2.05) is 13.1 Å². The molecule has 1 saturated heterocycles. The van der Waals surface area contributed by atoms with E-state index in [0.29, 0.717) is 10.8 Å². The minimum absolute atomic E-state index is 0.147. The zero-order chi connectivity index (χ0) is 13.2. The summed E-state index contributed by atoms with van der Waals surface area (Å²) < 4.78 is 28.5. The van der Waals surface area contributed by atoms with Crippen LogP contribution < -0.4 is 5.32 Å². The molecule has 1 aromatic rings. The molecule has 2 rings (SSSR count). The van der Waals surface area contributed by atoms with Gasteiger partial charge in [0.1, 0.15) is 0 Å². The van der Waals surface area contributed by atoms with Crippen LogP contribution in [-0.4, -0.2) is 34.9 Å². The molecule has 0 radical (unpaired) electrons. The van der Waals surface area contributed by atoms with Gasteiger partial charge in [0.2, 0.25) is 0 Å². The highest BCUT2D eigenvalue weighted by atomic mass is 32.2. The van der Waals surface area contributed by atoms with Crippen molar-refractivity contribution in [1.82, 2.24) is 5.32 Å². The molecule has 18 heavy (non-hydrogen) atoms. The fourth-order valence-electron chi connectivity index (χ4n) is 2.43. The number of hydrogen-bond acceptors (Lipinski definition) is 4. The fourth-order valence-corrected chi connectivity index (χ4v) is 3.10. The molecule has 5 heteroatoms. The zero-order valence-corrected chi connectivity index (χ0v) is 11.5. The van der Waals surface area contributed by atoms with Gasteiger partial charge in [-0.25, -0.2) is 8.42 Å². The predicted molar refractivity (Wildman–Crippen MR) is 70.3 cm³/mol. The molecular formula is C13H19NO3S. The van der Waals surface area contributed by atoms with Crippen molar-refractivity contribution in [3.63, 3.8) is 0 Å². The highest BCUT2D eigenvalue weighted by Crippen LogP contribution is 2.29. The van der Waals surface area contributed by atoms with E-state index in [1.54, 1.807) is 18.2 Å². The first-order chi connectivity index (χ1) is 8.52. The molecule has 1 heterocycles. The van der Waals surface area contributed by atoms with Crippen LogP contribution in [0.5, 0.6) is 0 Å². The lowest BCUT2D eigenvalue weighted by molar-refractivity contribution is 0.178. The summed E-state index contributed by atoms with van der Waals surface area (Å²) in [6.45, 7) is 1.52. The third-order valence-corrected chi connectivity index (χ3v) is 4.50. The molecule has 0 bridgehead atoms. The summed E-state index contributed by atoms with van der Waals surface area (Å²) in [6.07, 6.45) is 2.24. The number of nitrogens with one attached hydrogen (secondary N) is 1. The Kier molecular flexibility index (Phi) is 4.04. The van der Waals surface area contributed by atoms with Crippen LogP contribution in [0.3, 0.4) is 0 Å². The van der Waals surface area contributed by atoms with Gasteiger partial charge in [-0.3, -0.25) is 0 Å². The van der Waals surface area contributed by atoms with Gasteiger partial charge in [0.05, 0.1) is 11.5 Å². The number of rotatable bonds is 4. The smallest absolute Gasteiger partial charge is 0.175 e. The van der Waals surface area contributed by atoms with Gasteiger partial charge in [0.25, 0.3) is 0 Å². The quantitative estimate of drug-likeness (QED) is 0.897. The highest BCUT2D eigenvalue weighted by molar-refractivity contribution is 7.90. The van der Waals surface area contributed by atoms with E-state index in [1.165, 1.54) is 6.26 Å². The molecular weight excluding hydrogens is 250 g/mol. The Balaban J connectivity index is 2.31. The van der Waals surface area contributed by atoms with Crippen LogP contribution in [0.25, 0.3) is 0 Å². The van der Waals surface area contributed by atoms with Gasteiger partial charge in [-0.1, -0.05) is 12.1 Å². The van der Waals surface area contributed by atoms with Crippen LogP contribution in [0, 0.1) is 5.92 Å². The van der Waals surface area contributed by atoms with Crippen molar-refractivity contribution >= 4 is 9.84 Å². The van der Waals surface area contributed by atoms with Gasteiger partial charge in [-0.15, -0.1) is 0 Å². The molecule has 100 valence electrons. The van der Waals surface area contributed by atoms with E-state index >= 15 is 0 Å². The lowest BCUT2D eigenvalue weighted by Crippen LogP contribution is -2.25. The Morgan fingerprint density at radius 1 is 1.44 bits per heavy atom. The second-order valence-electron chi connectivity index (χ2n) is 4.73. The lowest BCUT2D eigenvalue weighted by atomic mass is 9.92. The topological polar surface area (TPSA) is 55.4 Å². The van der Waals surface area contributed by atoms with Gasteiger partial charge < -0.3 is 10.1 Å². The summed E-state index contributed by atoms with van der Waals surface area (Å²) >= 11 is 0. The maximum absolute atomic E-state index is 11.6. The van der Waals surface area contributed by atoms with E-state index in [2.05, 4.69) is 5.32 Å². The number of hydrogen-bond donors (Lipinski definition) is 1. The minimum Gasteiger partial charge on any atom is -0.381 e. The van der Waals surface area contributed by atoms with Crippen LogP contribution in [0.1, 0.15) is 18.0 Å². The standard InChI is InChI=1S/C13H19NO3S/c1-14-13(11-6-7-17-9-11)10-4-3-5-12(8-10)18(2,15)16/h3-5,8,11,13-14H,6-7,9H2,1-2H3. The molecule has 1 aliphatic rings. The Morgan fingerprint density at radius 3 is 2.78 bits per heavy atom. The van der Waals surface area contributed by atoms with Crippen molar-refractivity contribution in [1.29, 1.82) is 0 Å². The average molecular weight is 269 g/mol. The van der Waals surface area contributed by atoms with Crippen LogP contribution in [0.2, 0.25) is 0 Å². The molecule has 0 aromatic heterocycles. The third-order valence-electron chi connectivity index (χ3n) is 3.39. The summed E-state index contributed by atoms with van der Waals surface area (Å²) in [4.78, 5) is 0.374. The molecule has 0 saturated carbocycles. The van der Waals surface area contributed by atoms with Gasteiger partial charge in [-0.2, -0.15) is 0 Å². The largest absolute Gasteiger partial charge is 0.381 e. The molecule has 4 nitrogen and oxygen atoms in total. The van der Waals surface area contributed by atoms with Crippen molar-refractivity contribution < 1.29 is 13.2 Å². The van der Waals surface area contributed by atoms with Crippen molar-refractivity contribution in [3.05, 3.63) is 29.8 Å². The molecule has 2 atom stereocenters. The van der Waals surface area contributed by atoms with Crippen molar-refractivity contribution in [2.75, 3.05) is 26.5 Å². The van der Waals surface area contributed by atoms with Crippen molar-refractivity contribution in [2.24, 2.45) is 5.92 Å². The first-order valence-electron chi connectivity index (χ1n) is 6.07. The second-order valence-corrected chi connectivity index (χ2v) is 6.75. The van der Waals surface area contributed by atoms with Crippen LogP contribution >= 0.6 is 0 Å². The van der Waals surface area contributed by atoms with Crippen LogP contribution in [-0.2, 0) is 14.6 Å². The summed E-state index contributed by atoms with van der Waals surface area (Å²) in [6, 6.07) is 7.31. The Morgan fingerprint density at radius 2 is 2.22 bits per heavy atom. The molecule has 0 amide bonds. The normalized spacial score (nSPS) is 22.0. The Hall–Kier alpha value is -0.910. The maximum Gasteiger partial charge on any atom is 0.175 e. The van der Waals surface area contributed by atoms with E-state index in [9.17, 15) is 8.42 Å². The average Bonchev–Trinajstić information content (AvgIpc) is 2.83. The summed E-state index contributed by atoms with van der Waals surface area (Å²) in [5, 5.41) is 3.26. The van der Waals surface area contributed by atoms with Gasteiger partial charge in [0.15, 0.2) is 9.84 Å². The second kappa shape index (κ2) is 5.38. The van der Waals surface area contributed by atoms with Crippen molar-refractivity contribution in [2.45, 2.75) is 17.4 Å². The number of benzene rings is 1. The summed E-state index contributed by atoms with van der Waals surface area (Å²) in [7, 11) is -1.25. The van der Waals surface area contributed by atoms with Crippen LogP contribution in [0.15, 0.2) is 29.2 Å². The molecule has 2 unspecified atom stereocenters. The fraction of sp³-hybridized carbons (Fsp3) is 0.538.